The Balaban J connectivity index is 2.05. The van der Waals surface area contributed by atoms with Crippen LogP contribution in [0.5, 0.6) is 0 Å². The molecule has 0 saturated carbocycles. The number of H-pyrrole nitrogens is 1. The number of aromatic nitrogens is 2. The molecule has 0 bridgehead atoms. The number of nitrogens with one attached hydrogen (secondary N) is 1. The minimum Gasteiger partial charge on any atom is -0.310 e. The SMILES string of the molecule is O=c1[nH]c(CCc2ccccc2)ncc1I. The van der Waals surface area contributed by atoms with Gasteiger partial charge in [-0.1, -0.05) is 30.3 Å². The lowest BCUT2D eigenvalue weighted by atomic mass is 10.1. The molecule has 2 rings (SSSR count). The van der Waals surface area contributed by atoms with Crippen LogP contribution in [0.25, 0.3) is 0 Å². The Morgan fingerprint density at radius 2 is 1.94 bits per heavy atom. The van der Waals surface area contributed by atoms with Crippen LogP contribution >= 0.6 is 22.6 Å². The van der Waals surface area contributed by atoms with Crippen molar-refractivity contribution in [3.05, 3.63) is 61.8 Å². The van der Waals surface area contributed by atoms with E-state index in [4.69, 9.17) is 0 Å². The van der Waals surface area contributed by atoms with Gasteiger partial charge >= 0.3 is 0 Å². The lowest BCUT2D eigenvalue weighted by molar-refractivity contribution is 0.843. The molecule has 0 spiro atoms. The minimum absolute atomic E-state index is 0.0568. The molecule has 1 heterocycles. The third-order valence-corrected chi connectivity index (χ3v) is 3.07. The molecular formula is C12H11IN2O. The van der Waals surface area contributed by atoms with Crippen LogP contribution in [0.2, 0.25) is 0 Å². The highest BCUT2D eigenvalue weighted by atomic mass is 127. The van der Waals surface area contributed by atoms with Gasteiger partial charge in [0.05, 0.1) is 3.57 Å². The summed E-state index contributed by atoms with van der Waals surface area (Å²) in [6.45, 7) is 0. The van der Waals surface area contributed by atoms with Gasteiger partial charge in [0.1, 0.15) is 5.82 Å². The van der Waals surface area contributed by atoms with Gasteiger partial charge in [0, 0.05) is 12.6 Å². The second-order valence-electron chi connectivity index (χ2n) is 3.49. The van der Waals surface area contributed by atoms with Crippen LogP contribution in [-0.2, 0) is 12.8 Å². The highest BCUT2D eigenvalue weighted by Crippen LogP contribution is 2.03. The van der Waals surface area contributed by atoms with Crippen LogP contribution in [0, 0.1) is 3.57 Å². The summed E-state index contributed by atoms with van der Waals surface area (Å²) in [7, 11) is 0. The van der Waals surface area contributed by atoms with Crippen molar-refractivity contribution in [1.82, 2.24) is 9.97 Å². The van der Waals surface area contributed by atoms with Gasteiger partial charge in [-0.25, -0.2) is 4.98 Å². The quantitative estimate of drug-likeness (QED) is 0.879. The van der Waals surface area contributed by atoms with Crippen LogP contribution in [0.15, 0.2) is 41.3 Å². The summed E-state index contributed by atoms with van der Waals surface area (Å²) in [4.78, 5) is 18.3. The van der Waals surface area contributed by atoms with Gasteiger partial charge < -0.3 is 4.98 Å². The third kappa shape index (κ3) is 2.91. The average molecular weight is 326 g/mol. The van der Waals surface area contributed by atoms with Crippen molar-refractivity contribution in [3.63, 3.8) is 0 Å². The summed E-state index contributed by atoms with van der Waals surface area (Å²) >= 11 is 1.97. The van der Waals surface area contributed by atoms with E-state index in [-0.39, 0.29) is 5.56 Å². The molecule has 0 unspecified atom stereocenters. The second-order valence-corrected chi connectivity index (χ2v) is 4.65. The van der Waals surface area contributed by atoms with Crippen LogP contribution in [0.3, 0.4) is 0 Å². The fourth-order valence-corrected chi connectivity index (χ4v) is 1.72. The molecule has 1 aromatic carbocycles. The molecule has 2 aromatic rings. The molecule has 0 atom stereocenters. The van der Waals surface area contributed by atoms with Crippen LogP contribution in [0.1, 0.15) is 11.4 Å². The number of hydrogen-bond donors (Lipinski definition) is 1. The monoisotopic (exact) mass is 326 g/mol. The van der Waals surface area contributed by atoms with E-state index in [9.17, 15) is 4.79 Å². The zero-order valence-corrected chi connectivity index (χ0v) is 10.8. The Labute approximate surface area is 107 Å². The molecular weight excluding hydrogens is 315 g/mol. The van der Waals surface area contributed by atoms with Crippen molar-refractivity contribution in [2.75, 3.05) is 0 Å². The highest BCUT2D eigenvalue weighted by molar-refractivity contribution is 14.1. The number of rotatable bonds is 3. The maximum Gasteiger partial charge on any atom is 0.264 e. The van der Waals surface area contributed by atoms with E-state index in [1.807, 2.05) is 40.8 Å². The predicted molar refractivity (Wildman–Crippen MR) is 71.4 cm³/mol. The Kier molecular flexibility index (Phi) is 3.71. The average Bonchev–Trinajstić information content (AvgIpc) is 2.32. The van der Waals surface area contributed by atoms with Gasteiger partial charge in [0.15, 0.2) is 0 Å². The largest absolute Gasteiger partial charge is 0.310 e. The molecule has 3 nitrogen and oxygen atoms in total. The summed E-state index contributed by atoms with van der Waals surface area (Å²) in [6, 6.07) is 10.2. The fourth-order valence-electron chi connectivity index (χ4n) is 1.45. The van der Waals surface area contributed by atoms with Crippen molar-refractivity contribution in [1.29, 1.82) is 0 Å². The van der Waals surface area contributed by atoms with Gasteiger partial charge in [-0.2, -0.15) is 0 Å². The Morgan fingerprint density at radius 3 is 2.62 bits per heavy atom. The predicted octanol–water partition coefficient (Wildman–Crippen LogP) is 2.16. The molecule has 16 heavy (non-hydrogen) atoms. The van der Waals surface area contributed by atoms with Gasteiger partial charge in [-0.3, -0.25) is 4.79 Å². The molecule has 0 amide bonds. The Hall–Kier alpha value is -1.17. The number of aromatic amines is 1. The van der Waals surface area contributed by atoms with Crippen molar-refractivity contribution >= 4 is 22.6 Å². The zero-order valence-electron chi connectivity index (χ0n) is 8.61. The number of aryl methyl sites for hydroxylation is 2. The fraction of sp³-hybridized carbons (Fsp3) is 0.167. The van der Waals surface area contributed by atoms with Crippen LogP contribution < -0.4 is 5.56 Å². The van der Waals surface area contributed by atoms with E-state index >= 15 is 0 Å². The molecule has 1 N–H and O–H groups in total. The molecule has 0 radical (unpaired) electrons. The Bertz CT molecular complexity index is 522. The van der Waals surface area contributed by atoms with E-state index in [2.05, 4.69) is 22.1 Å². The number of halogens is 1. The summed E-state index contributed by atoms with van der Waals surface area (Å²) < 4.78 is 0.626. The van der Waals surface area contributed by atoms with Crippen molar-refractivity contribution < 1.29 is 0 Å². The molecule has 0 fully saturated rings. The lowest BCUT2D eigenvalue weighted by Crippen LogP contribution is -2.14. The molecule has 0 saturated heterocycles. The topological polar surface area (TPSA) is 45.8 Å². The first-order valence-electron chi connectivity index (χ1n) is 5.03. The first kappa shape index (κ1) is 11.3. The summed E-state index contributed by atoms with van der Waals surface area (Å²) in [5.41, 5.74) is 1.20. The Morgan fingerprint density at radius 1 is 1.19 bits per heavy atom. The maximum atomic E-state index is 11.3. The number of hydrogen-bond acceptors (Lipinski definition) is 2. The zero-order chi connectivity index (χ0) is 11.4. The van der Waals surface area contributed by atoms with E-state index in [0.29, 0.717) is 3.57 Å². The smallest absolute Gasteiger partial charge is 0.264 e. The van der Waals surface area contributed by atoms with Crippen molar-refractivity contribution in [2.45, 2.75) is 12.8 Å². The van der Waals surface area contributed by atoms with Gasteiger partial charge in [-0.05, 0) is 34.6 Å². The van der Waals surface area contributed by atoms with Gasteiger partial charge in [0.2, 0.25) is 0 Å². The molecule has 1 aromatic heterocycles. The second kappa shape index (κ2) is 5.25. The highest BCUT2D eigenvalue weighted by Gasteiger charge is 2.00. The van der Waals surface area contributed by atoms with Gasteiger partial charge in [-0.15, -0.1) is 0 Å². The van der Waals surface area contributed by atoms with E-state index in [0.717, 1.165) is 18.7 Å². The molecule has 82 valence electrons. The third-order valence-electron chi connectivity index (χ3n) is 2.30. The first-order valence-corrected chi connectivity index (χ1v) is 6.11. The summed E-state index contributed by atoms with van der Waals surface area (Å²) in [5, 5.41) is 0. The van der Waals surface area contributed by atoms with Crippen LogP contribution in [-0.4, -0.2) is 9.97 Å². The van der Waals surface area contributed by atoms with E-state index < -0.39 is 0 Å². The standard InChI is InChI=1S/C12H11IN2O/c13-10-8-14-11(15-12(10)16)7-6-9-4-2-1-3-5-9/h1-5,8H,6-7H2,(H,14,15,16). The van der Waals surface area contributed by atoms with Crippen LogP contribution in [0.4, 0.5) is 0 Å². The molecule has 4 heteroatoms. The normalized spacial score (nSPS) is 10.3. The molecule has 0 aliphatic carbocycles. The van der Waals surface area contributed by atoms with Gasteiger partial charge in [0.25, 0.3) is 5.56 Å². The van der Waals surface area contributed by atoms with E-state index in [1.54, 1.807) is 6.20 Å². The maximum absolute atomic E-state index is 11.3. The number of nitrogens with zero attached hydrogens (tertiary/aromatic N) is 1. The van der Waals surface area contributed by atoms with Crippen molar-refractivity contribution in [3.8, 4) is 0 Å². The minimum atomic E-state index is -0.0568. The lowest BCUT2D eigenvalue weighted by Gasteiger charge is -2.01. The van der Waals surface area contributed by atoms with E-state index in [1.165, 1.54) is 5.56 Å². The molecule has 0 aliphatic heterocycles. The summed E-state index contributed by atoms with van der Waals surface area (Å²) in [6.07, 6.45) is 3.26. The number of benzene rings is 1. The first-order chi connectivity index (χ1) is 7.75. The molecule has 0 aliphatic rings. The summed E-state index contributed by atoms with van der Waals surface area (Å²) in [5.74, 6) is 0.745. The van der Waals surface area contributed by atoms with Crippen molar-refractivity contribution in [2.24, 2.45) is 0 Å².